The second kappa shape index (κ2) is 10.7. The highest BCUT2D eigenvalue weighted by Gasteiger charge is 2.26. The lowest BCUT2D eigenvalue weighted by Crippen LogP contribution is -2.48. The Balaban J connectivity index is 1.27. The maximum atomic E-state index is 12.6. The van der Waals surface area contributed by atoms with E-state index in [0.29, 0.717) is 23.3 Å². The molecule has 4 rings (SSSR count). The molecule has 0 bridgehead atoms. The molecule has 0 spiro atoms. The normalized spacial score (nSPS) is 15.4. The number of hydrogen-bond donors (Lipinski definition) is 5. The van der Waals surface area contributed by atoms with E-state index in [-0.39, 0.29) is 18.8 Å². The minimum absolute atomic E-state index is 0.0243. The Bertz CT molecular complexity index is 1350. The molecule has 2 amide bonds. The molecule has 1 unspecified atom stereocenters. The fourth-order valence-electron chi connectivity index (χ4n) is 3.82. The van der Waals surface area contributed by atoms with Gasteiger partial charge in [0, 0.05) is 24.1 Å². The lowest BCUT2D eigenvalue weighted by Gasteiger charge is -2.16. The summed E-state index contributed by atoms with van der Waals surface area (Å²) in [4.78, 5) is 42.0. The maximum absolute atomic E-state index is 12.6. The van der Waals surface area contributed by atoms with Gasteiger partial charge in [0.1, 0.15) is 18.0 Å². The standard InChI is InChI=1S/C26H25N5O5/c27-24(28)17-8-6-16(7-9-17)21-12-20(36-31-21)13-23(32)29-14-22(26(34)35)30-25(33)19-10-5-15-3-1-2-4-18(15)11-19/h1-11,20,22H,12-14H2,(H3,27,28)(H,29,32)(H,30,33)(H,34,35)/t20?,22-/m0/s1. The van der Waals surface area contributed by atoms with Crippen LogP contribution < -0.4 is 16.4 Å². The molecule has 0 aliphatic carbocycles. The third-order valence-corrected chi connectivity index (χ3v) is 5.79. The van der Waals surface area contributed by atoms with Crippen molar-refractivity contribution in [2.75, 3.05) is 6.54 Å². The first kappa shape index (κ1) is 24.4. The highest BCUT2D eigenvalue weighted by molar-refractivity contribution is 6.03. The number of carbonyl (C=O) groups is 3. The van der Waals surface area contributed by atoms with Gasteiger partial charge < -0.3 is 26.3 Å². The Morgan fingerprint density at radius 1 is 1.06 bits per heavy atom. The second-order valence-corrected chi connectivity index (χ2v) is 8.39. The summed E-state index contributed by atoms with van der Waals surface area (Å²) in [6.45, 7) is -0.277. The maximum Gasteiger partial charge on any atom is 0.328 e. The van der Waals surface area contributed by atoms with Crippen LogP contribution in [-0.4, -0.2) is 53.1 Å². The number of benzene rings is 3. The van der Waals surface area contributed by atoms with Crippen LogP contribution in [0.1, 0.15) is 34.3 Å². The molecule has 184 valence electrons. The van der Waals surface area contributed by atoms with E-state index in [4.69, 9.17) is 16.0 Å². The molecule has 1 aliphatic rings. The van der Waals surface area contributed by atoms with Crippen LogP contribution in [-0.2, 0) is 14.4 Å². The predicted molar refractivity (Wildman–Crippen MR) is 134 cm³/mol. The van der Waals surface area contributed by atoms with Gasteiger partial charge in [-0.05, 0) is 28.5 Å². The van der Waals surface area contributed by atoms with Crippen LogP contribution in [0.5, 0.6) is 0 Å². The average Bonchev–Trinajstić information content (AvgIpc) is 3.34. The van der Waals surface area contributed by atoms with Crippen LogP contribution in [0, 0.1) is 5.41 Å². The monoisotopic (exact) mass is 487 g/mol. The summed E-state index contributed by atoms with van der Waals surface area (Å²) in [5.41, 5.74) is 7.84. The molecule has 0 radical (unpaired) electrons. The quantitative estimate of drug-likeness (QED) is 0.229. The Morgan fingerprint density at radius 2 is 1.75 bits per heavy atom. The predicted octanol–water partition coefficient (Wildman–Crippen LogP) is 2.01. The first-order valence-corrected chi connectivity index (χ1v) is 11.3. The number of fused-ring (bicyclic) bond motifs is 1. The number of carbonyl (C=O) groups excluding carboxylic acids is 2. The molecule has 1 heterocycles. The Morgan fingerprint density at radius 3 is 2.44 bits per heavy atom. The van der Waals surface area contributed by atoms with Gasteiger partial charge in [-0.25, -0.2) is 4.79 Å². The van der Waals surface area contributed by atoms with Gasteiger partial charge in [0.05, 0.1) is 12.1 Å². The number of carboxylic acid groups (broad SMARTS) is 1. The largest absolute Gasteiger partial charge is 0.480 e. The second-order valence-electron chi connectivity index (χ2n) is 8.39. The van der Waals surface area contributed by atoms with Crippen molar-refractivity contribution in [1.82, 2.24) is 10.6 Å². The van der Waals surface area contributed by atoms with Crippen LogP contribution in [0.4, 0.5) is 0 Å². The molecule has 36 heavy (non-hydrogen) atoms. The number of amidine groups is 1. The summed E-state index contributed by atoms with van der Waals surface area (Å²) < 4.78 is 0. The summed E-state index contributed by atoms with van der Waals surface area (Å²) in [6.07, 6.45) is -0.125. The van der Waals surface area contributed by atoms with E-state index in [1.54, 1.807) is 42.5 Å². The van der Waals surface area contributed by atoms with Crippen molar-refractivity contribution in [2.24, 2.45) is 10.9 Å². The van der Waals surface area contributed by atoms with Gasteiger partial charge in [-0.15, -0.1) is 0 Å². The van der Waals surface area contributed by atoms with Crippen molar-refractivity contribution < 1.29 is 24.3 Å². The third-order valence-electron chi connectivity index (χ3n) is 5.79. The number of hydrogen-bond acceptors (Lipinski definition) is 6. The van der Waals surface area contributed by atoms with Crippen molar-refractivity contribution in [2.45, 2.75) is 25.0 Å². The van der Waals surface area contributed by atoms with Gasteiger partial charge in [-0.2, -0.15) is 0 Å². The highest BCUT2D eigenvalue weighted by atomic mass is 16.6. The number of nitrogen functional groups attached to an aromatic ring is 1. The summed E-state index contributed by atoms with van der Waals surface area (Å²) in [5.74, 6) is -2.26. The van der Waals surface area contributed by atoms with Crippen LogP contribution in [0.3, 0.4) is 0 Å². The number of amides is 2. The van der Waals surface area contributed by atoms with Crippen LogP contribution >= 0.6 is 0 Å². The van der Waals surface area contributed by atoms with Crippen molar-refractivity contribution >= 4 is 40.1 Å². The molecule has 0 aromatic heterocycles. The van der Waals surface area contributed by atoms with Crippen molar-refractivity contribution in [3.05, 3.63) is 83.4 Å². The fourth-order valence-corrected chi connectivity index (χ4v) is 3.82. The molecule has 3 aromatic carbocycles. The van der Waals surface area contributed by atoms with Crippen molar-refractivity contribution in [1.29, 1.82) is 5.41 Å². The van der Waals surface area contributed by atoms with E-state index in [0.717, 1.165) is 16.3 Å². The molecule has 0 saturated carbocycles. The number of rotatable bonds is 9. The van der Waals surface area contributed by atoms with Gasteiger partial charge in [-0.3, -0.25) is 15.0 Å². The first-order chi connectivity index (χ1) is 17.3. The fraction of sp³-hybridized carbons (Fsp3) is 0.192. The van der Waals surface area contributed by atoms with E-state index >= 15 is 0 Å². The Labute approximate surface area is 206 Å². The Hall–Kier alpha value is -4.73. The van der Waals surface area contributed by atoms with Gasteiger partial charge in [0.15, 0.2) is 0 Å². The van der Waals surface area contributed by atoms with Crippen LogP contribution in [0.2, 0.25) is 0 Å². The molecular weight excluding hydrogens is 462 g/mol. The SMILES string of the molecule is N=C(N)c1ccc(C2=NOC(CC(=O)NC[C@H](NC(=O)c3ccc4ccccc4c3)C(=O)O)C2)cc1. The topological polar surface area (TPSA) is 167 Å². The number of nitrogens with two attached hydrogens (primary N) is 1. The van der Waals surface area contributed by atoms with Gasteiger partial charge in [0.25, 0.3) is 5.91 Å². The number of nitrogens with one attached hydrogen (secondary N) is 3. The van der Waals surface area contributed by atoms with E-state index in [1.165, 1.54) is 0 Å². The minimum Gasteiger partial charge on any atom is -0.480 e. The molecule has 6 N–H and O–H groups in total. The smallest absolute Gasteiger partial charge is 0.328 e. The van der Waals surface area contributed by atoms with E-state index in [9.17, 15) is 19.5 Å². The van der Waals surface area contributed by atoms with E-state index in [1.807, 2.05) is 24.3 Å². The lowest BCUT2D eigenvalue weighted by molar-refractivity contribution is -0.139. The van der Waals surface area contributed by atoms with Gasteiger partial charge in [0.2, 0.25) is 5.91 Å². The van der Waals surface area contributed by atoms with Crippen molar-refractivity contribution in [3.63, 3.8) is 0 Å². The highest BCUT2D eigenvalue weighted by Crippen LogP contribution is 2.19. The van der Waals surface area contributed by atoms with Crippen LogP contribution in [0.25, 0.3) is 10.8 Å². The zero-order valence-electron chi connectivity index (χ0n) is 19.2. The zero-order chi connectivity index (χ0) is 25.7. The number of nitrogens with zero attached hydrogens (tertiary/aromatic N) is 1. The van der Waals surface area contributed by atoms with E-state index in [2.05, 4.69) is 15.8 Å². The molecule has 1 aliphatic heterocycles. The summed E-state index contributed by atoms with van der Waals surface area (Å²) in [6, 6.07) is 18.3. The first-order valence-electron chi connectivity index (χ1n) is 11.3. The van der Waals surface area contributed by atoms with Gasteiger partial charge in [-0.1, -0.05) is 59.8 Å². The van der Waals surface area contributed by atoms with E-state index < -0.39 is 29.9 Å². The molecule has 3 aromatic rings. The van der Waals surface area contributed by atoms with Crippen molar-refractivity contribution in [3.8, 4) is 0 Å². The number of oxime groups is 1. The molecule has 10 nitrogen and oxygen atoms in total. The molecule has 0 saturated heterocycles. The zero-order valence-corrected chi connectivity index (χ0v) is 19.2. The number of carboxylic acids is 1. The molecular formula is C26H25N5O5. The lowest BCUT2D eigenvalue weighted by atomic mass is 10.0. The summed E-state index contributed by atoms with van der Waals surface area (Å²) in [7, 11) is 0. The summed E-state index contributed by atoms with van der Waals surface area (Å²) >= 11 is 0. The van der Waals surface area contributed by atoms with Gasteiger partial charge >= 0.3 is 5.97 Å². The molecule has 0 fully saturated rings. The molecule has 2 atom stereocenters. The molecule has 10 heteroatoms. The summed E-state index contributed by atoms with van der Waals surface area (Å²) in [5, 5.41) is 27.8. The Kier molecular flexibility index (Phi) is 7.24. The third kappa shape index (κ3) is 5.84. The van der Waals surface area contributed by atoms with Crippen LogP contribution in [0.15, 0.2) is 71.9 Å². The average molecular weight is 488 g/mol. The minimum atomic E-state index is -1.30. The number of aliphatic carboxylic acids is 1.